The summed E-state index contributed by atoms with van der Waals surface area (Å²) < 4.78 is 0. The summed E-state index contributed by atoms with van der Waals surface area (Å²) in [6.07, 6.45) is 8.79. The fourth-order valence-electron chi connectivity index (χ4n) is 2.02. The molecule has 1 unspecified atom stereocenters. The molecule has 0 aliphatic heterocycles. The largest absolute Gasteiger partial charge is 0.0730 e. The molecule has 0 aromatic carbocycles. The highest BCUT2D eigenvalue weighted by Crippen LogP contribution is 2.39. The summed E-state index contributed by atoms with van der Waals surface area (Å²) in [6.45, 7) is 6.68. The fraction of sp³-hybridized carbons (Fsp3) is 0.333. The second kappa shape index (κ2) is 2.48. The van der Waals surface area contributed by atoms with Crippen LogP contribution < -0.4 is 0 Å². The summed E-state index contributed by atoms with van der Waals surface area (Å²) in [7, 11) is 0. The van der Waals surface area contributed by atoms with E-state index in [1.165, 1.54) is 22.3 Å². The van der Waals surface area contributed by atoms with Gasteiger partial charge in [-0.15, -0.1) is 0 Å². The third-order valence-electron chi connectivity index (χ3n) is 3.08. The minimum absolute atomic E-state index is 0.579. The fourth-order valence-corrected chi connectivity index (χ4v) is 2.02. The van der Waals surface area contributed by atoms with Crippen molar-refractivity contribution in [3.05, 3.63) is 46.6 Å². The van der Waals surface area contributed by atoms with Gasteiger partial charge in [-0.3, -0.25) is 0 Å². The molecule has 62 valence electrons. The molecule has 0 aromatic rings. The molecule has 0 heterocycles. The molecule has 0 nitrogen and oxygen atoms in total. The molecule has 2 aliphatic rings. The molecule has 0 aromatic heterocycles. The minimum Gasteiger partial charge on any atom is -0.0730 e. The monoisotopic (exact) mass is 158 g/mol. The summed E-state index contributed by atoms with van der Waals surface area (Å²) in [6, 6.07) is 0. The maximum atomic E-state index is 2.28. The van der Waals surface area contributed by atoms with E-state index in [1.54, 1.807) is 0 Å². The Morgan fingerprint density at radius 3 is 2.42 bits per heavy atom. The second-order valence-corrected chi connectivity index (χ2v) is 3.61. The molecule has 0 saturated heterocycles. The number of allylic oxidation sites excluding steroid dienone is 8. The van der Waals surface area contributed by atoms with Crippen LogP contribution in [0.15, 0.2) is 46.6 Å². The highest BCUT2D eigenvalue weighted by atomic mass is 14.3. The molecule has 0 heteroatoms. The van der Waals surface area contributed by atoms with Crippen LogP contribution in [0.25, 0.3) is 0 Å². The second-order valence-electron chi connectivity index (χ2n) is 3.61. The van der Waals surface area contributed by atoms with Crippen molar-refractivity contribution < 1.29 is 0 Å². The first-order valence-electron chi connectivity index (χ1n) is 4.45. The molecule has 0 bridgehead atoms. The van der Waals surface area contributed by atoms with Gasteiger partial charge in [-0.25, -0.2) is 0 Å². The lowest BCUT2D eigenvalue weighted by atomic mass is 9.92. The van der Waals surface area contributed by atoms with Crippen LogP contribution in [-0.4, -0.2) is 0 Å². The first kappa shape index (κ1) is 7.60. The van der Waals surface area contributed by atoms with E-state index >= 15 is 0 Å². The van der Waals surface area contributed by atoms with Crippen molar-refractivity contribution in [3.8, 4) is 0 Å². The van der Waals surface area contributed by atoms with Crippen LogP contribution in [-0.2, 0) is 0 Å². The highest BCUT2D eigenvalue weighted by Gasteiger charge is 2.23. The SMILES string of the molecule is CC1=C(C)C2C=CC=CC2=C1C. The Bertz CT molecular complexity index is 335. The van der Waals surface area contributed by atoms with E-state index in [1.807, 2.05) is 0 Å². The van der Waals surface area contributed by atoms with Crippen LogP contribution in [0.5, 0.6) is 0 Å². The molecule has 0 N–H and O–H groups in total. The predicted octanol–water partition coefficient (Wildman–Crippen LogP) is 3.40. The molecule has 0 fully saturated rings. The Hall–Kier alpha value is -1.04. The van der Waals surface area contributed by atoms with Crippen molar-refractivity contribution in [2.24, 2.45) is 5.92 Å². The van der Waals surface area contributed by atoms with Gasteiger partial charge in [-0.05, 0) is 37.5 Å². The first-order valence-corrected chi connectivity index (χ1v) is 4.45. The Kier molecular flexibility index (Phi) is 1.57. The number of rotatable bonds is 0. The van der Waals surface area contributed by atoms with Gasteiger partial charge < -0.3 is 0 Å². The topological polar surface area (TPSA) is 0 Å². The van der Waals surface area contributed by atoms with Gasteiger partial charge in [0.25, 0.3) is 0 Å². The van der Waals surface area contributed by atoms with Crippen molar-refractivity contribution in [1.29, 1.82) is 0 Å². The molecule has 2 rings (SSSR count). The van der Waals surface area contributed by atoms with Crippen LogP contribution in [0.1, 0.15) is 20.8 Å². The van der Waals surface area contributed by atoms with Crippen molar-refractivity contribution in [3.63, 3.8) is 0 Å². The van der Waals surface area contributed by atoms with Crippen LogP contribution >= 0.6 is 0 Å². The highest BCUT2D eigenvalue weighted by molar-refractivity contribution is 5.55. The average Bonchev–Trinajstić information content (AvgIpc) is 2.33. The van der Waals surface area contributed by atoms with Crippen molar-refractivity contribution in [2.45, 2.75) is 20.8 Å². The van der Waals surface area contributed by atoms with Gasteiger partial charge >= 0.3 is 0 Å². The van der Waals surface area contributed by atoms with Crippen LogP contribution in [0.3, 0.4) is 0 Å². The molecule has 2 aliphatic carbocycles. The first-order chi connectivity index (χ1) is 5.72. The van der Waals surface area contributed by atoms with E-state index in [0.717, 1.165) is 0 Å². The van der Waals surface area contributed by atoms with E-state index in [9.17, 15) is 0 Å². The lowest BCUT2D eigenvalue weighted by Gasteiger charge is -2.12. The molecule has 0 saturated carbocycles. The van der Waals surface area contributed by atoms with Crippen LogP contribution in [0.4, 0.5) is 0 Å². The standard InChI is InChI=1S/C12H14/c1-8-9(2)11-6-4-5-7-12(11)10(8)3/h4-7,11H,1-3H3. The zero-order valence-corrected chi connectivity index (χ0v) is 7.89. The van der Waals surface area contributed by atoms with E-state index in [0.29, 0.717) is 5.92 Å². The number of fused-ring (bicyclic) bond motifs is 1. The maximum Gasteiger partial charge on any atom is 0.0237 e. The van der Waals surface area contributed by atoms with Crippen molar-refractivity contribution in [1.82, 2.24) is 0 Å². The zero-order chi connectivity index (χ0) is 8.72. The van der Waals surface area contributed by atoms with Gasteiger partial charge in [-0.1, -0.05) is 29.9 Å². The molecular formula is C12H14. The van der Waals surface area contributed by atoms with E-state index < -0.39 is 0 Å². The smallest absolute Gasteiger partial charge is 0.0237 e. The third-order valence-corrected chi connectivity index (χ3v) is 3.08. The Morgan fingerprint density at radius 1 is 1.00 bits per heavy atom. The van der Waals surface area contributed by atoms with Gasteiger partial charge in [0.2, 0.25) is 0 Å². The summed E-state index contributed by atoms with van der Waals surface area (Å²) in [5, 5.41) is 0. The van der Waals surface area contributed by atoms with Crippen molar-refractivity contribution in [2.75, 3.05) is 0 Å². The summed E-state index contributed by atoms with van der Waals surface area (Å²) in [4.78, 5) is 0. The van der Waals surface area contributed by atoms with E-state index in [-0.39, 0.29) is 0 Å². The molecular weight excluding hydrogens is 144 g/mol. The molecule has 0 amide bonds. The molecule has 0 radical (unpaired) electrons. The Balaban J connectivity index is 2.54. The van der Waals surface area contributed by atoms with Crippen LogP contribution in [0, 0.1) is 5.92 Å². The van der Waals surface area contributed by atoms with Gasteiger partial charge in [0.1, 0.15) is 0 Å². The number of hydrogen-bond donors (Lipinski definition) is 0. The van der Waals surface area contributed by atoms with Gasteiger partial charge in [-0.2, -0.15) is 0 Å². The van der Waals surface area contributed by atoms with Gasteiger partial charge in [0.15, 0.2) is 0 Å². The van der Waals surface area contributed by atoms with Gasteiger partial charge in [0.05, 0.1) is 0 Å². The Labute approximate surface area is 74.0 Å². The van der Waals surface area contributed by atoms with Crippen LogP contribution in [0.2, 0.25) is 0 Å². The van der Waals surface area contributed by atoms with Gasteiger partial charge in [0, 0.05) is 5.92 Å². The summed E-state index contributed by atoms with van der Waals surface area (Å²) >= 11 is 0. The zero-order valence-electron chi connectivity index (χ0n) is 7.89. The molecule has 12 heavy (non-hydrogen) atoms. The lowest BCUT2D eigenvalue weighted by Crippen LogP contribution is -1.99. The average molecular weight is 158 g/mol. The third kappa shape index (κ3) is 0.842. The number of hydrogen-bond acceptors (Lipinski definition) is 0. The lowest BCUT2D eigenvalue weighted by molar-refractivity contribution is 0.929. The minimum atomic E-state index is 0.579. The summed E-state index contributed by atoms with van der Waals surface area (Å²) in [5.41, 5.74) is 5.96. The Morgan fingerprint density at radius 2 is 1.75 bits per heavy atom. The summed E-state index contributed by atoms with van der Waals surface area (Å²) in [5.74, 6) is 0.579. The van der Waals surface area contributed by atoms with Crippen molar-refractivity contribution >= 4 is 0 Å². The van der Waals surface area contributed by atoms with E-state index in [2.05, 4.69) is 45.1 Å². The predicted molar refractivity (Wildman–Crippen MR) is 52.8 cm³/mol. The maximum absolute atomic E-state index is 2.28. The quantitative estimate of drug-likeness (QED) is 0.507. The normalized spacial score (nSPS) is 27.1. The molecule has 1 atom stereocenters. The van der Waals surface area contributed by atoms with E-state index in [4.69, 9.17) is 0 Å². The molecule has 0 spiro atoms.